The summed E-state index contributed by atoms with van der Waals surface area (Å²) in [4.78, 5) is 8.34. The van der Waals surface area contributed by atoms with E-state index in [0.29, 0.717) is 0 Å². The maximum atomic E-state index is 4.17. The summed E-state index contributed by atoms with van der Waals surface area (Å²) in [5.74, 6) is 0. The number of hydrogen-bond acceptors (Lipinski definition) is 2. The van der Waals surface area contributed by atoms with Crippen molar-refractivity contribution < 1.29 is 0 Å². The van der Waals surface area contributed by atoms with Gasteiger partial charge in [-0.05, 0) is 28.1 Å². The van der Waals surface area contributed by atoms with Crippen molar-refractivity contribution >= 4 is 20.6 Å². The van der Waals surface area contributed by atoms with Gasteiger partial charge in [-0.2, -0.15) is 0 Å². The summed E-state index contributed by atoms with van der Waals surface area (Å²) in [6.07, 6.45) is 1.79. The number of aliphatic imine (C=N–C) groups is 1. The molecule has 0 spiro atoms. The molecule has 50 valence electrons. The smallest absolute Gasteiger partial charge is 0.110 e. The molecule has 0 amide bonds. The van der Waals surface area contributed by atoms with Crippen molar-refractivity contribution in [1.82, 2.24) is 4.98 Å². The molecule has 10 heavy (non-hydrogen) atoms. The van der Waals surface area contributed by atoms with Crippen molar-refractivity contribution in [1.29, 1.82) is 0 Å². The number of halogens is 1. The van der Waals surface area contributed by atoms with E-state index in [1.807, 2.05) is 12.1 Å². The van der Waals surface area contributed by atoms with E-state index in [0.717, 1.165) is 22.4 Å². The second-order valence-corrected chi connectivity index (χ2v) is 2.86. The van der Waals surface area contributed by atoms with Gasteiger partial charge in [-0.3, -0.25) is 9.98 Å². The molecule has 0 saturated carbocycles. The van der Waals surface area contributed by atoms with Crippen molar-refractivity contribution in [2.45, 2.75) is 6.54 Å². The van der Waals surface area contributed by atoms with Gasteiger partial charge in [0.05, 0.1) is 12.2 Å². The summed E-state index contributed by atoms with van der Waals surface area (Å²) in [5.41, 5.74) is 2.19. The molecule has 0 N–H and O–H groups in total. The van der Waals surface area contributed by atoms with Crippen LogP contribution >= 0.6 is 15.9 Å². The van der Waals surface area contributed by atoms with Crippen LogP contribution in [0.1, 0.15) is 11.3 Å². The van der Waals surface area contributed by atoms with Crippen molar-refractivity contribution in [2.24, 2.45) is 4.99 Å². The molecule has 0 radical (unpaired) electrons. The molecule has 0 fully saturated rings. The Labute approximate surface area is 67.1 Å². The van der Waals surface area contributed by atoms with Gasteiger partial charge in [-0.15, -0.1) is 0 Å². The first kappa shape index (κ1) is 6.04. The Morgan fingerprint density at radius 3 is 3.20 bits per heavy atom. The maximum absolute atomic E-state index is 4.17. The molecule has 0 aromatic carbocycles. The minimum absolute atomic E-state index is 0.719. The molecule has 0 saturated heterocycles. The number of pyridine rings is 1. The van der Waals surface area contributed by atoms with Gasteiger partial charge in [0.25, 0.3) is 0 Å². The van der Waals surface area contributed by atoms with E-state index in [-0.39, 0.29) is 0 Å². The minimum atomic E-state index is 0.719. The highest BCUT2D eigenvalue weighted by Crippen LogP contribution is 2.18. The quantitative estimate of drug-likeness (QED) is 0.621. The summed E-state index contributed by atoms with van der Waals surface area (Å²) in [7, 11) is 0. The molecule has 0 bridgehead atoms. The zero-order valence-electron chi connectivity index (χ0n) is 5.21. The van der Waals surface area contributed by atoms with Crippen LogP contribution in [0, 0.1) is 0 Å². The lowest BCUT2D eigenvalue weighted by Gasteiger charge is -1.92. The highest BCUT2D eigenvalue weighted by Gasteiger charge is 2.12. The lowest BCUT2D eigenvalue weighted by atomic mass is 10.2. The van der Waals surface area contributed by atoms with Gasteiger partial charge in [0.2, 0.25) is 0 Å². The van der Waals surface area contributed by atoms with Crippen LogP contribution in [0.15, 0.2) is 23.3 Å². The predicted molar refractivity (Wildman–Crippen MR) is 43.4 cm³/mol. The largest absolute Gasteiger partial charge is 0.271 e. The van der Waals surface area contributed by atoms with E-state index in [9.17, 15) is 0 Å². The van der Waals surface area contributed by atoms with Gasteiger partial charge in [-0.1, -0.05) is 0 Å². The molecule has 1 aliphatic rings. The lowest BCUT2D eigenvalue weighted by molar-refractivity contribution is 1.02. The van der Waals surface area contributed by atoms with Crippen molar-refractivity contribution in [3.8, 4) is 0 Å². The van der Waals surface area contributed by atoms with E-state index in [4.69, 9.17) is 0 Å². The van der Waals surface area contributed by atoms with Crippen molar-refractivity contribution in [3.63, 3.8) is 0 Å². The van der Waals surface area contributed by atoms with Crippen LogP contribution in [0.4, 0.5) is 0 Å². The van der Waals surface area contributed by atoms with Crippen LogP contribution in [-0.2, 0) is 6.54 Å². The van der Waals surface area contributed by atoms with Crippen LogP contribution in [-0.4, -0.2) is 9.60 Å². The average Bonchev–Trinajstić information content (AvgIpc) is 2.34. The van der Waals surface area contributed by atoms with E-state index in [2.05, 4.69) is 25.9 Å². The third-order valence-corrected chi connectivity index (χ3v) is 2.16. The third-order valence-electron chi connectivity index (χ3n) is 1.48. The second-order valence-electron chi connectivity index (χ2n) is 2.10. The predicted octanol–water partition coefficient (Wildman–Crippen LogP) is 1.74. The molecule has 0 aliphatic carbocycles. The average molecular weight is 197 g/mol. The number of aromatic nitrogens is 1. The van der Waals surface area contributed by atoms with Crippen molar-refractivity contribution in [3.05, 3.63) is 29.6 Å². The molecular weight excluding hydrogens is 192 g/mol. The Morgan fingerprint density at radius 1 is 1.50 bits per heavy atom. The molecule has 0 unspecified atom stereocenters. The summed E-state index contributed by atoms with van der Waals surface area (Å²) < 4.78 is 0.926. The normalized spacial score (nSPS) is 14.7. The molecule has 1 aromatic heterocycles. The molecule has 2 rings (SSSR count). The second kappa shape index (κ2) is 2.16. The van der Waals surface area contributed by atoms with Crippen LogP contribution in [0.3, 0.4) is 0 Å². The number of rotatable bonds is 0. The Morgan fingerprint density at radius 2 is 2.40 bits per heavy atom. The monoisotopic (exact) mass is 196 g/mol. The van der Waals surface area contributed by atoms with Crippen LogP contribution in [0.5, 0.6) is 0 Å². The van der Waals surface area contributed by atoms with Crippen LogP contribution < -0.4 is 0 Å². The van der Waals surface area contributed by atoms with E-state index < -0.39 is 0 Å². The number of fused-ring (bicyclic) bond motifs is 1. The van der Waals surface area contributed by atoms with E-state index in [1.165, 1.54) is 0 Å². The number of hydrogen-bond donors (Lipinski definition) is 0. The minimum Gasteiger partial charge on any atom is -0.271 e. The summed E-state index contributed by atoms with van der Waals surface area (Å²) in [6, 6.07) is 3.93. The Bertz CT molecular complexity index is 293. The molecule has 3 heteroatoms. The van der Waals surface area contributed by atoms with Gasteiger partial charge < -0.3 is 0 Å². The van der Waals surface area contributed by atoms with Crippen LogP contribution in [0.25, 0.3) is 0 Å². The van der Waals surface area contributed by atoms with Gasteiger partial charge in [0.1, 0.15) is 4.62 Å². The van der Waals surface area contributed by atoms with E-state index in [1.54, 1.807) is 6.20 Å². The zero-order valence-corrected chi connectivity index (χ0v) is 6.80. The highest BCUT2D eigenvalue weighted by molar-refractivity contribution is 9.18. The summed E-state index contributed by atoms with van der Waals surface area (Å²) >= 11 is 3.35. The molecule has 2 nitrogen and oxygen atoms in total. The maximum Gasteiger partial charge on any atom is 0.110 e. The third kappa shape index (κ3) is 0.778. The first-order valence-electron chi connectivity index (χ1n) is 3.02. The van der Waals surface area contributed by atoms with Gasteiger partial charge in [0, 0.05) is 11.8 Å². The summed E-state index contributed by atoms with van der Waals surface area (Å²) in [5, 5.41) is 0. The molecule has 1 aromatic rings. The fraction of sp³-hybridized carbons (Fsp3) is 0.143. The van der Waals surface area contributed by atoms with Crippen LogP contribution in [0.2, 0.25) is 0 Å². The van der Waals surface area contributed by atoms with Crippen molar-refractivity contribution in [2.75, 3.05) is 0 Å². The molecular formula is C7H5BrN2. The number of nitrogens with zero attached hydrogens (tertiary/aromatic N) is 2. The fourth-order valence-corrected chi connectivity index (χ4v) is 1.47. The molecule has 1 aliphatic heterocycles. The van der Waals surface area contributed by atoms with Gasteiger partial charge in [0.15, 0.2) is 0 Å². The fourth-order valence-electron chi connectivity index (χ4n) is 0.981. The standard InChI is InChI=1S/C7H5BrN2/c8-7-5-2-1-3-9-6(5)4-10-7/h1-3H,4H2. The summed E-state index contributed by atoms with van der Waals surface area (Å²) in [6.45, 7) is 0.719. The Hall–Kier alpha value is -0.700. The van der Waals surface area contributed by atoms with E-state index >= 15 is 0 Å². The first-order valence-corrected chi connectivity index (χ1v) is 3.81. The Kier molecular flexibility index (Phi) is 1.31. The SMILES string of the molecule is BrC1=NCc2ncccc21. The van der Waals surface area contributed by atoms with Gasteiger partial charge in [-0.25, -0.2) is 0 Å². The zero-order chi connectivity index (χ0) is 6.97. The molecule has 0 atom stereocenters. The lowest BCUT2D eigenvalue weighted by Crippen LogP contribution is -1.89. The topological polar surface area (TPSA) is 25.2 Å². The Balaban J connectivity index is 2.61. The first-order chi connectivity index (χ1) is 4.88. The molecule has 2 heterocycles. The van der Waals surface area contributed by atoms with Gasteiger partial charge >= 0.3 is 0 Å². The highest BCUT2D eigenvalue weighted by atomic mass is 79.9.